The van der Waals surface area contributed by atoms with Crippen LogP contribution in [0.25, 0.3) is 22.3 Å². The third-order valence-corrected chi connectivity index (χ3v) is 4.44. The van der Waals surface area contributed by atoms with Gasteiger partial charge in [0.1, 0.15) is 11.5 Å². The van der Waals surface area contributed by atoms with Gasteiger partial charge in [-0.2, -0.15) is 4.98 Å². The molecule has 0 radical (unpaired) electrons. The summed E-state index contributed by atoms with van der Waals surface area (Å²) in [6, 6.07) is 11.2. The van der Waals surface area contributed by atoms with Gasteiger partial charge in [-0.05, 0) is 30.3 Å². The minimum atomic E-state index is -0.331. The third-order valence-electron chi connectivity index (χ3n) is 3.62. The van der Waals surface area contributed by atoms with Crippen molar-refractivity contribution in [3.8, 4) is 17.0 Å². The first-order valence-electron chi connectivity index (χ1n) is 7.74. The number of thiazole rings is 1. The van der Waals surface area contributed by atoms with Gasteiger partial charge in [0.15, 0.2) is 0 Å². The van der Waals surface area contributed by atoms with Crippen LogP contribution in [0.2, 0.25) is 0 Å². The minimum Gasteiger partial charge on any atom is -0.497 e. The van der Waals surface area contributed by atoms with E-state index in [0.717, 1.165) is 17.0 Å². The number of benzene rings is 1. The van der Waals surface area contributed by atoms with E-state index in [2.05, 4.69) is 15.4 Å². The zero-order valence-electron chi connectivity index (χ0n) is 13.7. The summed E-state index contributed by atoms with van der Waals surface area (Å²) < 4.78 is 12.1. The van der Waals surface area contributed by atoms with E-state index < -0.39 is 0 Å². The fourth-order valence-electron chi connectivity index (χ4n) is 2.41. The van der Waals surface area contributed by atoms with Crippen molar-refractivity contribution in [2.45, 2.75) is 0 Å². The number of fused-ring (bicyclic) bond motifs is 1. The highest BCUT2D eigenvalue weighted by molar-refractivity contribution is 7.15. The van der Waals surface area contributed by atoms with Crippen molar-refractivity contribution >= 4 is 34.2 Å². The number of carbonyl (C=O) groups excluding carboxylic acids is 1. The van der Waals surface area contributed by atoms with Gasteiger partial charge in [-0.3, -0.25) is 10.1 Å². The lowest BCUT2D eigenvalue weighted by Gasteiger charge is -2.02. The molecule has 1 aromatic carbocycles. The molecular weight excluding hydrogens is 352 g/mol. The van der Waals surface area contributed by atoms with Gasteiger partial charge in [0.25, 0.3) is 11.9 Å². The number of furan rings is 1. The summed E-state index contributed by atoms with van der Waals surface area (Å²) >= 11 is 1.45. The number of hydrogen-bond acceptors (Lipinski definition) is 6. The molecule has 3 heterocycles. The molecule has 0 saturated heterocycles. The van der Waals surface area contributed by atoms with E-state index in [0.29, 0.717) is 10.7 Å². The molecule has 4 aromatic rings. The van der Waals surface area contributed by atoms with Crippen molar-refractivity contribution in [2.75, 3.05) is 12.4 Å². The van der Waals surface area contributed by atoms with Crippen molar-refractivity contribution in [3.05, 3.63) is 59.9 Å². The Morgan fingerprint density at radius 3 is 3.08 bits per heavy atom. The van der Waals surface area contributed by atoms with Crippen LogP contribution in [-0.4, -0.2) is 27.6 Å². The van der Waals surface area contributed by atoms with E-state index in [1.54, 1.807) is 36.1 Å². The number of carbonyl (C=O) groups is 1. The van der Waals surface area contributed by atoms with Crippen molar-refractivity contribution in [3.63, 3.8) is 0 Å². The minimum absolute atomic E-state index is 0.245. The summed E-state index contributed by atoms with van der Waals surface area (Å²) in [5.41, 5.74) is 1.83. The summed E-state index contributed by atoms with van der Waals surface area (Å²) in [5.74, 6) is 1.27. The predicted octanol–water partition coefficient (Wildman–Crippen LogP) is 3.71. The number of aromatic nitrogens is 3. The Morgan fingerprint density at radius 2 is 2.27 bits per heavy atom. The molecule has 0 aliphatic heterocycles. The molecule has 0 bridgehead atoms. The Morgan fingerprint density at radius 1 is 1.35 bits per heavy atom. The van der Waals surface area contributed by atoms with Crippen molar-refractivity contribution < 1.29 is 13.9 Å². The number of methoxy groups -OCH3 is 1. The maximum absolute atomic E-state index is 12.0. The highest BCUT2D eigenvalue weighted by Gasteiger charge is 2.13. The van der Waals surface area contributed by atoms with Crippen molar-refractivity contribution in [2.24, 2.45) is 0 Å². The van der Waals surface area contributed by atoms with Gasteiger partial charge in [-0.15, -0.1) is 16.4 Å². The summed E-state index contributed by atoms with van der Waals surface area (Å²) in [6.07, 6.45) is 4.50. The van der Waals surface area contributed by atoms with E-state index >= 15 is 0 Å². The molecule has 130 valence electrons. The topological polar surface area (TPSA) is 81.7 Å². The molecule has 0 saturated carbocycles. The zero-order valence-corrected chi connectivity index (χ0v) is 14.6. The van der Waals surface area contributed by atoms with E-state index in [9.17, 15) is 4.79 Å². The molecule has 4 rings (SSSR count). The maximum atomic E-state index is 12.0. The monoisotopic (exact) mass is 366 g/mol. The van der Waals surface area contributed by atoms with Gasteiger partial charge < -0.3 is 9.15 Å². The van der Waals surface area contributed by atoms with Crippen LogP contribution in [-0.2, 0) is 4.79 Å². The lowest BCUT2D eigenvalue weighted by molar-refractivity contribution is -0.111. The molecule has 0 aliphatic rings. The average molecular weight is 366 g/mol. The Hall–Kier alpha value is -3.39. The van der Waals surface area contributed by atoms with Crippen molar-refractivity contribution in [1.82, 2.24) is 14.6 Å². The lowest BCUT2D eigenvalue weighted by atomic mass is 10.2. The molecule has 8 heteroatoms. The fraction of sp³-hybridized carbons (Fsp3) is 0.0556. The zero-order chi connectivity index (χ0) is 17.9. The van der Waals surface area contributed by atoms with Gasteiger partial charge in [-0.1, -0.05) is 12.1 Å². The number of nitrogens with one attached hydrogen (secondary N) is 1. The van der Waals surface area contributed by atoms with Crippen LogP contribution >= 0.6 is 11.3 Å². The van der Waals surface area contributed by atoms with Gasteiger partial charge in [0.2, 0.25) is 4.96 Å². The van der Waals surface area contributed by atoms with Gasteiger partial charge in [0, 0.05) is 17.0 Å². The van der Waals surface area contributed by atoms with Gasteiger partial charge >= 0.3 is 0 Å². The predicted molar refractivity (Wildman–Crippen MR) is 99.2 cm³/mol. The largest absolute Gasteiger partial charge is 0.497 e. The molecule has 0 atom stereocenters. The molecule has 1 N–H and O–H groups in total. The maximum Gasteiger partial charge on any atom is 0.250 e. The van der Waals surface area contributed by atoms with E-state index in [1.807, 2.05) is 29.6 Å². The lowest BCUT2D eigenvalue weighted by Crippen LogP contribution is -2.09. The number of ether oxygens (including phenoxy) is 1. The molecule has 3 aromatic heterocycles. The van der Waals surface area contributed by atoms with Crippen LogP contribution in [0.1, 0.15) is 5.76 Å². The smallest absolute Gasteiger partial charge is 0.250 e. The first-order chi connectivity index (χ1) is 12.7. The van der Waals surface area contributed by atoms with Crippen LogP contribution in [0.5, 0.6) is 5.75 Å². The molecule has 0 unspecified atom stereocenters. The van der Waals surface area contributed by atoms with Gasteiger partial charge in [0.05, 0.1) is 19.1 Å². The highest BCUT2D eigenvalue weighted by Crippen LogP contribution is 2.28. The fourth-order valence-corrected chi connectivity index (χ4v) is 3.24. The summed E-state index contributed by atoms with van der Waals surface area (Å²) in [4.78, 5) is 17.0. The third kappa shape index (κ3) is 3.22. The van der Waals surface area contributed by atoms with Crippen LogP contribution in [0.4, 0.5) is 5.95 Å². The first kappa shape index (κ1) is 16.1. The number of hydrogen-bond donors (Lipinski definition) is 1. The Balaban J connectivity index is 1.56. The second-order valence-electron chi connectivity index (χ2n) is 5.32. The van der Waals surface area contributed by atoms with E-state index in [4.69, 9.17) is 9.15 Å². The molecule has 0 fully saturated rings. The van der Waals surface area contributed by atoms with Crippen LogP contribution in [0.15, 0.2) is 58.5 Å². The molecule has 0 aliphatic carbocycles. The quantitative estimate of drug-likeness (QED) is 0.545. The van der Waals surface area contributed by atoms with Gasteiger partial charge in [-0.25, -0.2) is 4.52 Å². The van der Waals surface area contributed by atoms with E-state index in [1.165, 1.54) is 17.4 Å². The Labute approximate surface area is 152 Å². The summed E-state index contributed by atoms with van der Waals surface area (Å²) in [7, 11) is 1.63. The molecular formula is C18H14N4O3S. The molecule has 7 nitrogen and oxygen atoms in total. The molecule has 1 amide bonds. The second kappa shape index (κ2) is 6.85. The summed E-state index contributed by atoms with van der Waals surface area (Å²) in [5, 5.41) is 8.99. The van der Waals surface area contributed by atoms with Crippen LogP contribution in [0.3, 0.4) is 0 Å². The molecule has 26 heavy (non-hydrogen) atoms. The number of nitrogens with zero attached hydrogens (tertiary/aromatic N) is 3. The first-order valence-corrected chi connectivity index (χ1v) is 8.62. The summed E-state index contributed by atoms with van der Waals surface area (Å²) in [6.45, 7) is 0. The van der Waals surface area contributed by atoms with E-state index in [-0.39, 0.29) is 11.9 Å². The SMILES string of the molecule is COc1cccc(-c2csc3nc(NC(=O)/C=C/c4ccco4)nn23)c1. The molecule has 0 spiro atoms. The Bertz CT molecular complexity index is 1080. The normalized spacial score (nSPS) is 11.3. The number of anilines is 1. The number of amides is 1. The standard InChI is InChI=1S/C18H14N4O3S/c1-24-14-5-2-4-12(10-14)15-11-26-18-20-17(21-22(15)18)19-16(23)8-7-13-6-3-9-25-13/h2-11H,1H3,(H,19,21,23)/b8-7+. The average Bonchev–Trinajstić information content (AvgIpc) is 3.37. The second-order valence-corrected chi connectivity index (χ2v) is 6.16. The van der Waals surface area contributed by atoms with Crippen LogP contribution < -0.4 is 10.1 Å². The Kier molecular flexibility index (Phi) is 4.24. The highest BCUT2D eigenvalue weighted by atomic mass is 32.1. The number of rotatable bonds is 5. The van der Waals surface area contributed by atoms with Crippen LogP contribution in [0, 0.1) is 0 Å². The van der Waals surface area contributed by atoms with Crippen molar-refractivity contribution in [1.29, 1.82) is 0 Å².